The minimum atomic E-state index is -0.394. The Bertz CT molecular complexity index is 119. The first kappa shape index (κ1) is 14.6. The number of rotatable bonds is 5. The van der Waals surface area contributed by atoms with Gasteiger partial charge in [-0.15, -0.1) is 0 Å². The lowest BCUT2D eigenvalue weighted by Crippen LogP contribution is -2.00. The summed E-state index contributed by atoms with van der Waals surface area (Å²) in [4.78, 5) is 9.84. The van der Waals surface area contributed by atoms with Gasteiger partial charge in [0.25, 0.3) is 0 Å². The molecule has 0 saturated heterocycles. The van der Waals surface area contributed by atoms with Crippen LogP contribution < -0.4 is 0 Å². The van der Waals surface area contributed by atoms with Crippen molar-refractivity contribution in [2.24, 2.45) is 0 Å². The summed E-state index contributed by atoms with van der Waals surface area (Å²) in [5.74, 6) is -0.394. The first-order valence-electron chi connectivity index (χ1n) is 3.99. The quantitative estimate of drug-likeness (QED) is 0.369. The molecule has 78 valence electrons. The van der Waals surface area contributed by atoms with E-state index >= 15 is 0 Å². The van der Waals surface area contributed by atoms with Crippen molar-refractivity contribution >= 4 is 5.97 Å². The number of carbonyl (C=O) groups excluding carboxylic acids is 1. The molecule has 0 atom stereocenters. The van der Waals surface area contributed by atoms with Crippen molar-refractivity contribution in [3.63, 3.8) is 0 Å². The molecule has 0 rings (SSSR count). The van der Waals surface area contributed by atoms with Crippen LogP contribution in [0.1, 0.15) is 6.92 Å². The lowest BCUT2D eigenvalue weighted by Gasteiger charge is -1.96. The molecule has 0 aromatic heterocycles. The summed E-state index contributed by atoms with van der Waals surface area (Å²) in [6.45, 7) is 7.32. The largest absolute Gasteiger partial charge is 0.466 e. The lowest BCUT2D eigenvalue weighted by molar-refractivity contribution is -0.134. The maximum Gasteiger partial charge on any atom is 0.329 e. The Morgan fingerprint density at radius 1 is 1.38 bits per heavy atom. The molecule has 0 N–H and O–H groups in total. The molecule has 4 heteroatoms. The van der Waals surface area contributed by atoms with E-state index in [9.17, 15) is 4.79 Å². The number of carbonyl (C=O) groups is 1. The van der Waals surface area contributed by atoms with E-state index in [2.05, 4.69) is 11.3 Å². The molecule has 0 fully saturated rings. The Hall–Kier alpha value is -0.870. The van der Waals surface area contributed by atoms with Gasteiger partial charge in [-0.1, -0.05) is 6.58 Å². The van der Waals surface area contributed by atoms with Gasteiger partial charge in [-0.05, 0) is 6.92 Å². The molecule has 13 heavy (non-hydrogen) atoms. The molecule has 0 unspecified atom stereocenters. The molecule has 0 heterocycles. The zero-order chi connectivity index (χ0) is 10.5. The molecule has 0 aliphatic heterocycles. The van der Waals surface area contributed by atoms with Crippen LogP contribution in [0.5, 0.6) is 0 Å². The van der Waals surface area contributed by atoms with Crippen LogP contribution in [0.3, 0.4) is 0 Å². The van der Waals surface area contributed by atoms with Crippen LogP contribution in [0, 0.1) is 0 Å². The van der Waals surface area contributed by atoms with Gasteiger partial charge in [0.15, 0.2) is 0 Å². The van der Waals surface area contributed by atoms with Crippen LogP contribution >= 0.6 is 0 Å². The second-order valence-electron chi connectivity index (χ2n) is 1.92. The number of methoxy groups -OCH3 is 2. The standard InChI is InChI=1S/C5H12O2.C4H6O2/c1-3-7-5-4-6-2;1-3-4(5)6-2/h3-5H2,1-2H3;3H,1H2,2H3. The maximum atomic E-state index is 9.84. The van der Waals surface area contributed by atoms with E-state index < -0.39 is 5.97 Å². The van der Waals surface area contributed by atoms with Crippen LogP contribution in [0.15, 0.2) is 12.7 Å². The second-order valence-corrected chi connectivity index (χ2v) is 1.92. The number of hydrogen-bond donors (Lipinski definition) is 0. The van der Waals surface area contributed by atoms with Gasteiger partial charge in [0.2, 0.25) is 0 Å². The highest BCUT2D eigenvalue weighted by atomic mass is 16.5. The average molecular weight is 190 g/mol. The number of esters is 1. The molecule has 0 amide bonds. The predicted molar refractivity (Wildman–Crippen MR) is 50.6 cm³/mol. The second kappa shape index (κ2) is 13.7. The van der Waals surface area contributed by atoms with Crippen molar-refractivity contribution in [1.29, 1.82) is 0 Å². The van der Waals surface area contributed by atoms with Crippen molar-refractivity contribution < 1.29 is 19.0 Å². The van der Waals surface area contributed by atoms with Gasteiger partial charge in [0.1, 0.15) is 0 Å². The summed E-state index contributed by atoms with van der Waals surface area (Å²) in [5.41, 5.74) is 0. The van der Waals surface area contributed by atoms with Crippen molar-refractivity contribution in [3.8, 4) is 0 Å². The van der Waals surface area contributed by atoms with Gasteiger partial charge >= 0.3 is 5.97 Å². The van der Waals surface area contributed by atoms with E-state index in [1.165, 1.54) is 7.11 Å². The van der Waals surface area contributed by atoms with Gasteiger partial charge in [0.05, 0.1) is 20.3 Å². The molecular weight excluding hydrogens is 172 g/mol. The lowest BCUT2D eigenvalue weighted by atomic mass is 10.7. The average Bonchev–Trinajstić information content (AvgIpc) is 2.18. The van der Waals surface area contributed by atoms with Crippen molar-refractivity contribution in [1.82, 2.24) is 0 Å². The van der Waals surface area contributed by atoms with Gasteiger partial charge in [0, 0.05) is 19.8 Å². The molecule has 0 radical (unpaired) electrons. The summed E-state index contributed by atoms with van der Waals surface area (Å²) < 4.78 is 13.8. The molecular formula is C9H18O4. The molecule has 0 aromatic carbocycles. The van der Waals surface area contributed by atoms with E-state index in [4.69, 9.17) is 9.47 Å². The van der Waals surface area contributed by atoms with Crippen LogP contribution in [-0.2, 0) is 19.0 Å². The normalized spacial score (nSPS) is 8.23. The van der Waals surface area contributed by atoms with Crippen LogP contribution in [0.4, 0.5) is 0 Å². The highest BCUT2D eigenvalue weighted by molar-refractivity contribution is 5.80. The minimum absolute atomic E-state index is 0.394. The molecule has 4 nitrogen and oxygen atoms in total. The maximum absolute atomic E-state index is 9.84. The summed E-state index contributed by atoms with van der Waals surface area (Å²) in [7, 11) is 2.98. The van der Waals surface area contributed by atoms with Gasteiger partial charge in [-0.2, -0.15) is 0 Å². The fraction of sp³-hybridized carbons (Fsp3) is 0.667. The first-order chi connectivity index (χ1) is 6.22. The predicted octanol–water partition coefficient (Wildman–Crippen LogP) is 1.01. The van der Waals surface area contributed by atoms with Crippen LogP contribution in [-0.4, -0.2) is 40.0 Å². The smallest absolute Gasteiger partial charge is 0.329 e. The molecule has 0 aliphatic rings. The summed E-state index contributed by atoms with van der Waals surface area (Å²) in [6.07, 6.45) is 1.11. The number of ether oxygens (including phenoxy) is 3. The third kappa shape index (κ3) is 18.2. The summed E-state index contributed by atoms with van der Waals surface area (Å²) in [6, 6.07) is 0. The zero-order valence-electron chi connectivity index (χ0n) is 8.54. The molecule has 0 bridgehead atoms. The Labute approximate surface area is 79.5 Å². The Morgan fingerprint density at radius 3 is 2.23 bits per heavy atom. The third-order valence-electron chi connectivity index (χ3n) is 1.00. The van der Waals surface area contributed by atoms with Gasteiger partial charge in [-0.25, -0.2) is 4.79 Å². The van der Waals surface area contributed by atoms with Crippen LogP contribution in [0.2, 0.25) is 0 Å². The molecule has 0 aromatic rings. The highest BCUT2D eigenvalue weighted by Crippen LogP contribution is 1.71. The Balaban J connectivity index is 0. The van der Waals surface area contributed by atoms with E-state index in [1.54, 1.807) is 7.11 Å². The Kier molecular flexibility index (Phi) is 15.4. The van der Waals surface area contributed by atoms with Crippen LogP contribution in [0.25, 0.3) is 0 Å². The highest BCUT2D eigenvalue weighted by Gasteiger charge is 1.82. The van der Waals surface area contributed by atoms with Gasteiger partial charge < -0.3 is 14.2 Å². The monoisotopic (exact) mass is 190 g/mol. The minimum Gasteiger partial charge on any atom is -0.466 e. The third-order valence-corrected chi connectivity index (χ3v) is 1.00. The molecule has 0 spiro atoms. The van der Waals surface area contributed by atoms with Crippen molar-refractivity contribution in [3.05, 3.63) is 12.7 Å². The summed E-state index contributed by atoms with van der Waals surface area (Å²) in [5, 5.41) is 0. The van der Waals surface area contributed by atoms with Crippen molar-refractivity contribution in [2.75, 3.05) is 34.0 Å². The Morgan fingerprint density at radius 2 is 2.00 bits per heavy atom. The number of hydrogen-bond acceptors (Lipinski definition) is 4. The van der Waals surface area contributed by atoms with E-state index in [-0.39, 0.29) is 0 Å². The SMILES string of the molecule is C=CC(=O)OC.CCOCCOC. The van der Waals surface area contributed by atoms with Gasteiger partial charge in [-0.3, -0.25) is 0 Å². The van der Waals surface area contributed by atoms with E-state index in [1.807, 2.05) is 6.92 Å². The molecule has 0 saturated carbocycles. The van der Waals surface area contributed by atoms with E-state index in [0.29, 0.717) is 13.2 Å². The van der Waals surface area contributed by atoms with E-state index in [0.717, 1.165) is 12.7 Å². The first-order valence-corrected chi connectivity index (χ1v) is 3.99. The fourth-order valence-electron chi connectivity index (χ4n) is 0.370. The fourth-order valence-corrected chi connectivity index (χ4v) is 0.370. The topological polar surface area (TPSA) is 44.8 Å². The van der Waals surface area contributed by atoms with Crippen molar-refractivity contribution in [2.45, 2.75) is 6.92 Å². The zero-order valence-corrected chi connectivity index (χ0v) is 8.54. The summed E-state index contributed by atoms with van der Waals surface area (Å²) >= 11 is 0. The molecule has 0 aliphatic carbocycles.